The number of aromatic nitrogens is 1. The molecule has 30 heavy (non-hydrogen) atoms. The van der Waals surface area contributed by atoms with Crippen molar-refractivity contribution in [3.05, 3.63) is 58.5 Å². The van der Waals surface area contributed by atoms with Crippen molar-refractivity contribution in [3.8, 4) is 0 Å². The SMILES string of the molecule is C[C@H](O)C1C(=O)N(c2ncc(Cl)cc2F)CC(=O)N1Cc1ccc(C(F)(F)F)cc1. The quantitative estimate of drug-likeness (QED) is 0.734. The van der Waals surface area contributed by atoms with Crippen molar-refractivity contribution in [1.29, 1.82) is 0 Å². The lowest BCUT2D eigenvalue weighted by Gasteiger charge is -2.41. The van der Waals surface area contributed by atoms with Gasteiger partial charge in [-0.2, -0.15) is 13.2 Å². The van der Waals surface area contributed by atoms with Crippen molar-refractivity contribution < 1.29 is 32.3 Å². The van der Waals surface area contributed by atoms with Crippen LogP contribution in [-0.2, 0) is 22.3 Å². The highest BCUT2D eigenvalue weighted by atomic mass is 35.5. The van der Waals surface area contributed by atoms with Gasteiger partial charge in [-0.3, -0.25) is 14.5 Å². The summed E-state index contributed by atoms with van der Waals surface area (Å²) in [5, 5.41) is 10.1. The summed E-state index contributed by atoms with van der Waals surface area (Å²) in [6, 6.07) is 3.67. The zero-order chi connectivity index (χ0) is 22.2. The Morgan fingerprint density at radius 1 is 1.27 bits per heavy atom. The minimum atomic E-state index is -4.51. The Labute approximate surface area is 173 Å². The van der Waals surface area contributed by atoms with Crippen molar-refractivity contribution in [2.45, 2.75) is 31.8 Å². The van der Waals surface area contributed by atoms with Gasteiger partial charge >= 0.3 is 6.18 Å². The number of carbonyl (C=O) groups is 2. The molecular formula is C19H16ClF4N3O3. The largest absolute Gasteiger partial charge is 0.416 e. The number of anilines is 1. The van der Waals surface area contributed by atoms with Crippen molar-refractivity contribution >= 4 is 29.2 Å². The Morgan fingerprint density at radius 3 is 2.43 bits per heavy atom. The van der Waals surface area contributed by atoms with E-state index < -0.39 is 53.9 Å². The zero-order valence-corrected chi connectivity index (χ0v) is 16.3. The molecule has 1 unspecified atom stereocenters. The zero-order valence-electron chi connectivity index (χ0n) is 15.5. The number of benzene rings is 1. The molecule has 0 saturated carbocycles. The highest BCUT2D eigenvalue weighted by Crippen LogP contribution is 2.30. The molecule has 1 aromatic carbocycles. The van der Waals surface area contributed by atoms with E-state index >= 15 is 0 Å². The van der Waals surface area contributed by atoms with Crippen molar-refractivity contribution in [2.24, 2.45) is 0 Å². The minimum Gasteiger partial charge on any atom is -0.391 e. The summed E-state index contributed by atoms with van der Waals surface area (Å²) in [5.74, 6) is -2.72. The number of carbonyl (C=O) groups excluding carboxylic acids is 2. The van der Waals surface area contributed by atoms with Gasteiger partial charge in [-0.05, 0) is 30.7 Å². The number of aliphatic hydroxyl groups is 1. The molecule has 0 spiro atoms. The Hall–Kier alpha value is -2.72. The first kappa shape index (κ1) is 22.0. The number of rotatable bonds is 4. The predicted molar refractivity (Wildman–Crippen MR) is 99.0 cm³/mol. The first-order valence-electron chi connectivity index (χ1n) is 8.75. The van der Waals surface area contributed by atoms with E-state index in [2.05, 4.69) is 4.98 Å². The fraction of sp³-hybridized carbons (Fsp3) is 0.316. The van der Waals surface area contributed by atoms with Crippen molar-refractivity contribution in [3.63, 3.8) is 0 Å². The molecule has 6 nitrogen and oxygen atoms in total. The summed E-state index contributed by atoms with van der Waals surface area (Å²) in [6.45, 7) is 0.529. The van der Waals surface area contributed by atoms with Crippen LogP contribution in [0.15, 0.2) is 36.5 Å². The molecular weight excluding hydrogens is 430 g/mol. The number of pyridine rings is 1. The number of halogens is 5. The number of hydrogen-bond acceptors (Lipinski definition) is 4. The summed E-state index contributed by atoms with van der Waals surface area (Å²) < 4.78 is 52.4. The molecule has 2 heterocycles. The standard InChI is InChI=1S/C19H16ClF4N3O3/c1-10(28)16-18(30)27(17-14(21)6-13(20)7-25-17)9-15(29)26(16)8-11-2-4-12(5-3-11)19(22,23)24/h2-7,10,16,28H,8-9H2,1H3/t10-,16?/m0/s1. The lowest BCUT2D eigenvalue weighted by Crippen LogP contribution is -2.63. The van der Waals surface area contributed by atoms with Gasteiger partial charge in [0, 0.05) is 12.7 Å². The maximum absolute atomic E-state index is 14.2. The summed E-state index contributed by atoms with van der Waals surface area (Å²) in [5.41, 5.74) is -0.520. The van der Waals surface area contributed by atoms with Gasteiger partial charge in [-0.25, -0.2) is 9.37 Å². The van der Waals surface area contributed by atoms with Gasteiger partial charge in [-0.1, -0.05) is 23.7 Å². The lowest BCUT2D eigenvalue weighted by atomic mass is 10.0. The molecule has 1 fully saturated rings. The van der Waals surface area contributed by atoms with Crippen LogP contribution in [0.2, 0.25) is 5.02 Å². The van der Waals surface area contributed by atoms with E-state index in [9.17, 15) is 32.3 Å². The van der Waals surface area contributed by atoms with Crippen LogP contribution in [-0.4, -0.2) is 45.5 Å². The van der Waals surface area contributed by atoms with Crippen LogP contribution >= 0.6 is 11.6 Å². The summed E-state index contributed by atoms with van der Waals surface area (Å²) >= 11 is 5.66. The molecule has 0 bridgehead atoms. The van der Waals surface area contributed by atoms with Gasteiger partial charge < -0.3 is 10.0 Å². The highest BCUT2D eigenvalue weighted by molar-refractivity contribution is 6.30. The molecule has 2 aromatic rings. The fourth-order valence-corrected chi connectivity index (χ4v) is 3.33. The van der Waals surface area contributed by atoms with E-state index in [-0.39, 0.29) is 11.6 Å². The average molecular weight is 446 g/mol. The normalized spacial score (nSPS) is 18.7. The summed E-state index contributed by atoms with van der Waals surface area (Å²) in [6.07, 6.45) is -4.72. The molecule has 3 rings (SSSR count). The number of alkyl halides is 3. The predicted octanol–water partition coefficient (Wildman–Crippen LogP) is 3.02. The van der Waals surface area contributed by atoms with Crippen LogP contribution in [0.3, 0.4) is 0 Å². The number of nitrogens with zero attached hydrogens (tertiary/aromatic N) is 3. The van der Waals surface area contributed by atoms with E-state index in [0.29, 0.717) is 5.56 Å². The second kappa shape index (κ2) is 8.19. The lowest BCUT2D eigenvalue weighted by molar-refractivity contribution is -0.148. The van der Waals surface area contributed by atoms with E-state index in [1.165, 1.54) is 19.1 Å². The van der Waals surface area contributed by atoms with Gasteiger partial charge in [0.25, 0.3) is 5.91 Å². The molecule has 1 aliphatic heterocycles. The second-order valence-electron chi connectivity index (χ2n) is 6.79. The molecule has 11 heteroatoms. The number of hydrogen-bond donors (Lipinski definition) is 1. The van der Waals surface area contributed by atoms with Crippen LogP contribution in [0.1, 0.15) is 18.1 Å². The molecule has 1 aromatic heterocycles. The van der Waals surface area contributed by atoms with Crippen LogP contribution in [0.25, 0.3) is 0 Å². The molecule has 1 aliphatic rings. The Morgan fingerprint density at radius 2 is 1.90 bits per heavy atom. The third-order valence-electron chi connectivity index (χ3n) is 4.60. The Bertz CT molecular complexity index is 966. The molecule has 0 radical (unpaired) electrons. The monoisotopic (exact) mass is 445 g/mol. The van der Waals surface area contributed by atoms with Crippen LogP contribution in [0.4, 0.5) is 23.4 Å². The molecule has 1 N–H and O–H groups in total. The van der Waals surface area contributed by atoms with Gasteiger partial charge in [0.05, 0.1) is 16.7 Å². The first-order valence-corrected chi connectivity index (χ1v) is 9.13. The minimum absolute atomic E-state index is 0.00282. The average Bonchev–Trinajstić information content (AvgIpc) is 2.64. The van der Waals surface area contributed by atoms with E-state index in [4.69, 9.17) is 11.6 Å². The van der Waals surface area contributed by atoms with Crippen LogP contribution in [0.5, 0.6) is 0 Å². The van der Waals surface area contributed by atoms with Gasteiger partial charge in [0.2, 0.25) is 5.91 Å². The number of aliphatic hydroxyl groups excluding tert-OH is 1. The van der Waals surface area contributed by atoms with Crippen LogP contribution < -0.4 is 4.90 Å². The second-order valence-corrected chi connectivity index (χ2v) is 7.22. The van der Waals surface area contributed by atoms with Crippen molar-refractivity contribution in [1.82, 2.24) is 9.88 Å². The van der Waals surface area contributed by atoms with E-state index in [1.807, 2.05) is 0 Å². The maximum Gasteiger partial charge on any atom is 0.416 e. The van der Waals surface area contributed by atoms with E-state index in [0.717, 1.165) is 34.2 Å². The van der Waals surface area contributed by atoms with Crippen molar-refractivity contribution in [2.75, 3.05) is 11.4 Å². The molecule has 160 valence electrons. The molecule has 1 saturated heterocycles. The fourth-order valence-electron chi connectivity index (χ4n) is 3.19. The maximum atomic E-state index is 14.2. The molecule has 2 atom stereocenters. The smallest absolute Gasteiger partial charge is 0.391 e. The third-order valence-corrected chi connectivity index (χ3v) is 4.81. The van der Waals surface area contributed by atoms with Gasteiger partial charge in [0.1, 0.15) is 12.6 Å². The van der Waals surface area contributed by atoms with Crippen LogP contribution in [0, 0.1) is 5.82 Å². The van der Waals surface area contributed by atoms with Gasteiger partial charge in [-0.15, -0.1) is 0 Å². The third kappa shape index (κ3) is 4.39. The Kier molecular flexibility index (Phi) is 6.00. The topological polar surface area (TPSA) is 73.7 Å². The summed E-state index contributed by atoms with van der Waals surface area (Å²) in [7, 11) is 0. The number of amides is 2. The summed E-state index contributed by atoms with van der Waals surface area (Å²) in [4.78, 5) is 31.3. The first-order chi connectivity index (χ1) is 14.0. The molecule has 0 aliphatic carbocycles. The van der Waals surface area contributed by atoms with E-state index in [1.54, 1.807) is 0 Å². The van der Waals surface area contributed by atoms with Gasteiger partial charge in [0.15, 0.2) is 11.6 Å². The Balaban J connectivity index is 1.88. The highest BCUT2D eigenvalue weighted by Gasteiger charge is 2.43. The number of piperazine rings is 1. The molecule has 2 amide bonds.